The molecule has 0 aliphatic rings. The Morgan fingerprint density at radius 2 is 1.23 bits per heavy atom. The van der Waals surface area contributed by atoms with Crippen molar-refractivity contribution >= 4 is 6.29 Å². The highest BCUT2D eigenvalue weighted by atomic mass is 19.1. The molecule has 0 aliphatic carbocycles. The molecule has 0 N–H and O–H groups in total. The highest BCUT2D eigenvalue weighted by Gasteiger charge is 2.23. The Hall–Kier alpha value is -2.19. The zero-order valence-electron chi connectivity index (χ0n) is 19.4. The minimum Gasteiger partial charge on any atom is -0.374 e. The van der Waals surface area contributed by atoms with Crippen LogP contribution in [0.15, 0.2) is 36.4 Å². The van der Waals surface area contributed by atoms with Gasteiger partial charge in [0.2, 0.25) is 0 Å². The molecule has 5 nitrogen and oxygen atoms in total. The van der Waals surface area contributed by atoms with Gasteiger partial charge in [0.1, 0.15) is 11.6 Å². The predicted molar refractivity (Wildman–Crippen MR) is 115 cm³/mol. The Morgan fingerprint density at radius 3 is 1.58 bits per heavy atom. The first kappa shape index (κ1) is 26.8. The Kier molecular flexibility index (Phi) is 9.90. The molecule has 172 valence electrons. The van der Waals surface area contributed by atoms with Crippen LogP contribution in [0.2, 0.25) is 0 Å². The summed E-state index contributed by atoms with van der Waals surface area (Å²) >= 11 is 0. The molecule has 0 spiro atoms. The Bertz CT molecular complexity index is 861. The number of rotatable bonds is 8. The first-order chi connectivity index (χ1) is 14.5. The molecule has 0 bridgehead atoms. The van der Waals surface area contributed by atoms with E-state index in [0.29, 0.717) is 17.4 Å². The standard InChI is InChI=1S/C13H19FO3.C11H13FO2/c1-13(2,17-5)9-6-7-10(11(14)8-9)12(15-3)16-4;1-11(2,14-3)9-5-4-8(7-13)10(12)6-9/h6-8,12H,1-5H3;4-7H,1-3H3. The molecule has 31 heavy (non-hydrogen) atoms. The maximum absolute atomic E-state index is 13.9. The normalized spacial score (nSPS) is 11.8. The molecule has 7 heteroatoms. The topological polar surface area (TPSA) is 54.0 Å². The van der Waals surface area contributed by atoms with E-state index in [9.17, 15) is 13.6 Å². The van der Waals surface area contributed by atoms with E-state index in [4.69, 9.17) is 18.9 Å². The molecule has 0 saturated heterocycles. The SMILES string of the molecule is COC(C)(C)c1ccc(C=O)c(F)c1.COC(OC)c1ccc(C(C)(C)OC)cc1F. The number of hydrogen-bond acceptors (Lipinski definition) is 5. The summed E-state index contributed by atoms with van der Waals surface area (Å²) in [6, 6.07) is 9.39. The van der Waals surface area contributed by atoms with Crippen molar-refractivity contribution in [3.63, 3.8) is 0 Å². The minimum absolute atomic E-state index is 0.0700. The molecular weight excluding hydrogens is 406 g/mol. The summed E-state index contributed by atoms with van der Waals surface area (Å²) < 4.78 is 47.7. The third kappa shape index (κ3) is 6.90. The van der Waals surface area contributed by atoms with Crippen molar-refractivity contribution in [3.8, 4) is 0 Å². The summed E-state index contributed by atoms with van der Waals surface area (Å²) in [6.07, 6.45) is -0.187. The van der Waals surface area contributed by atoms with Gasteiger partial charge in [0, 0.05) is 34.0 Å². The average Bonchev–Trinajstić information content (AvgIpc) is 2.75. The summed E-state index contributed by atoms with van der Waals surface area (Å²) in [5, 5.41) is 0. The lowest BCUT2D eigenvalue weighted by Crippen LogP contribution is -2.20. The van der Waals surface area contributed by atoms with Crippen molar-refractivity contribution in [1.29, 1.82) is 0 Å². The van der Waals surface area contributed by atoms with Crippen LogP contribution in [0.4, 0.5) is 8.78 Å². The molecule has 0 fully saturated rings. The zero-order chi connectivity index (χ0) is 23.8. The maximum atomic E-state index is 13.9. The van der Waals surface area contributed by atoms with E-state index in [1.165, 1.54) is 32.4 Å². The Balaban J connectivity index is 0.000000316. The Morgan fingerprint density at radius 1 is 0.774 bits per heavy atom. The summed E-state index contributed by atoms with van der Waals surface area (Å²) in [6.45, 7) is 7.43. The highest BCUT2D eigenvalue weighted by molar-refractivity contribution is 5.75. The van der Waals surface area contributed by atoms with Crippen LogP contribution < -0.4 is 0 Å². The quantitative estimate of drug-likeness (QED) is 0.401. The van der Waals surface area contributed by atoms with Crippen molar-refractivity contribution < 1.29 is 32.5 Å². The largest absolute Gasteiger partial charge is 0.374 e. The third-order valence-corrected chi connectivity index (χ3v) is 5.22. The van der Waals surface area contributed by atoms with E-state index >= 15 is 0 Å². The number of halogens is 2. The monoisotopic (exact) mass is 438 g/mol. The molecule has 0 unspecified atom stereocenters. The minimum atomic E-state index is -0.685. The fourth-order valence-corrected chi connectivity index (χ4v) is 2.68. The van der Waals surface area contributed by atoms with Gasteiger partial charge in [-0.15, -0.1) is 0 Å². The number of hydrogen-bond donors (Lipinski definition) is 0. The number of aldehydes is 1. The molecule has 2 aromatic carbocycles. The van der Waals surface area contributed by atoms with Crippen LogP contribution in [-0.4, -0.2) is 34.7 Å². The molecule has 0 aliphatic heterocycles. The van der Waals surface area contributed by atoms with Gasteiger partial charge >= 0.3 is 0 Å². The number of ether oxygens (including phenoxy) is 4. The molecule has 0 amide bonds. The Labute approximate surface area is 183 Å². The van der Waals surface area contributed by atoms with E-state index in [0.717, 1.165) is 5.56 Å². The van der Waals surface area contributed by atoms with Crippen LogP contribution in [0.5, 0.6) is 0 Å². The lowest BCUT2D eigenvalue weighted by Gasteiger charge is -2.24. The van der Waals surface area contributed by atoms with Crippen molar-refractivity contribution in [1.82, 2.24) is 0 Å². The fraction of sp³-hybridized carbons (Fsp3) is 0.458. The first-order valence-corrected chi connectivity index (χ1v) is 9.68. The van der Waals surface area contributed by atoms with E-state index in [1.807, 2.05) is 33.8 Å². The molecule has 0 aromatic heterocycles. The number of benzene rings is 2. The van der Waals surface area contributed by atoms with Gasteiger partial charge in [-0.1, -0.05) is 18.2 Å². The second-order valence-corrected chi connectivity index (χ2v) is 7.82. The van der Waals surface area contributed by atoms with Gasteiger partial charge < -0.3 is 18.9 Å². The molecule has 2 rings (SSSR count). The lowest BCUT2D eigenvalue weighted by molar-refractivity contribution is -0.107. The van der Waals surface area contributed by atoms with E-state index in [1.54, 1.807) is 26.4 Å². The maximum Gasteiger partial charge on any atom is 0.185 e. The average molecular weight is 439 g/mol. The second-order valence-electron chi connectivity index (χ2n) is 7.82. The summed E-state index contributed by atoms with van der Waals surface area (Å²) in [4.78, 5) is 10.4. The third-order valence-electron chi connectivity index (χ3n) is 5.22. The van der Waals surface area contributed by atoms with Crippen molar-refractivity contribution in [2.45, 2.75) is 45.2 Å². The number of carbonyl (C=O) groups excluding carboxylic acids is 1. The lowest BCUT2D eigenvalue weighted by atomic mass is 9.96. The summed E-state index contributed by atoms with van der Waals surface area (Å²) in [5.41, 5.74) is 0.874. The van der Waals surface area contributed by atoms with Gasteiger partial charge in [-0.3, -0.25) is 4.79 Å². The van der Waals surface area contributed by atoms with Gasteiger partial charge in [0.15, 0.2) is 12.6 Å². The molecule has 0 radical (unpaired) electrons. The van der Waals surface area contributed by atoms with Crippen LogP contribution >= 0.6 is 0 Å². The van der Waals surface area contributed by atoms with Crippen LogP contribution in [0.25, 0.3) is 0 Å². The van der Waals surface area contributed by atoms with E-state index < -0.39 is 23.3 Å². The van der Waals surface area contributed by atoms with Crippen molar-refractivity contribution in [3.05, 3.63) is 70.3 Å². The van der Waals surface area contributed by atoms with Crippen LogP contribution in [-0.2, 0) is 30.1 Å². The molecule has 0 saturated carbocycles. The molecular formula is C24H32F2O5. The summed E-state index contributed by atoms with van der Waals surface area (Å²) in [5.74, 6) is -0.871. The van der Waals surface area contributed by atoms with E-state index in [2.05, 4.69) is 0 Å². The van der Waals surface area contributed by atoms with Crippen LogP contribution in [0.3, 0.4) is 0 Å². The zero-order valence-corrected chi connectivity index (χ0v) is 19.4. The van der Waals surface area contributed by atoms with Gasteiger partial charge in [-0.05, 0) is 57.0 Å². The molecule has 2 aromatic rings. The smallest absolute Gasteiger partial charge is 0.185 e. The highest BCUT2D eigenvalue weighted by Crippen LogP contribution is 2.28. The second kappa shape index (κ2) is 11.4. The summed E-state index contributed by atoms with van der Waals surface area (Å²) in [7, 11) is 6.10. The fourth-order valence-electron chi connectivity index (χ4n) is 2.68. The van der Waals surface area contributed by atoms with E-state index in [-0.39, 0.29) is 11.4 Å². The predicted octanol–water partition coefficient (Wildman–Crippen LogP) is 5.52. The van der Waals surface area contributed by atoms with Crippen molar-refractivity contribution in [2.75, 3.05) is 28.4 Å². The van der Waals surface area contributed by atoms with Gasteiger partial charge in [-0.2, -0.15) is 0 Å². The molecule has 0 heterocycles. The van der Waals surface area contributed by atoms with Crippen molar-refractivity contribution in [2.24, 2.45) is 0 Å². The van der Waals surface area contributed by atoms with Gasteiger partial charge in [-0.25, -0.2) is 8.78 Å². The first-order valence-electron chi connectivity index (χ1n) is 9.68. The number of carbonyl (C=O) groups is 1. The van der Waals surface area contributed by atoms with Crippen LogP contribution in [0, 0.1) is 11.6 Å². The molecule has 0 atom stereocenters. The van der Waals surface area contributed by atoms with Gasteiger partial charge in [0.25, 0.3) is 0 Å². The van der Waals surface area contributed by atoms with Crippen LogP contribution in [0.1, 0.15) is 61.0 Å². The van der Waals surface area contributed by atoms with Gasteiger partial charge in [0.05, 0.1) is 16.8 Å². The number of methoxy groups -OCH3 is 4.